The summed E-state index contributed by atoms with van der Waals surface area (Å²) in [7, 11) is -3.82. The Morgan fingerprint density at radius 2 is 1.81 bits per heavy atom. The lowest BCUT2D eigenvalue weighted by Gasteiger charge is -2.09. The predicted octanol–water partition coefficient (Wildman–Crippen LogP) is 2.73. The highest BCUT2D eigenvalue weighted by Gasteiger charge is 2.14. The Morgan fingerprint density at radius 1 is 1.00 bits per heavy atom. The van der Waals surface area contributed by atoms with E-state index in [0.717, 1.165) is 17.7 Å². The lowest BCUT2D eigenvalue weighted by atomic mass is 10.1. The first kappa shape index (κ1) is 16.2. The number of aromatic nitrogens is 4. The second-order valence-corrected chi connectivity index (χ2v) is 7.17. The van der Waals surface area contributed by atoms with E-state index in [1.165, 1.54) is 23.0 Å². The fourth-order valence-corrected chi connectivity index (χ4v) is 3.50. The normalized spacial score (nSPS) is 11.6. The van der Waals surface area contributed by atoms with E-state index in [0.29, 0.717) is 17.0 Å². The average molecular weight is 369 g/mol. The summed E-state index contributed by atoms with van der Waals surface area (Å²) in [5, 5.41) is 12.0. The molecule has 26 heavy (non-hydrogen) atoms. The Hall–Kier alpha value is -3.33. The van der Waals surface area contributed by atoms with Gasteiger partial charge >= 0.3 is 0 Å². The minimum atomic E-state index is -3.82. The average Bonchev–Trinajstić information content (AvgIpc) is 3.09. The van der Waals surface area contributed by atoms with E-state index < -0.39 is 15.8 Å². The van der Waals surface area contributed by atoms with Gasteiger partial charge in [-0.1, -0.05) is 12.1 Å². The van der Waals surface area contributed by atoms with Gasteiger partial charge in [-0.25, -0.2) is 12.8 Å². The molecular formula is C17H12FN5O2S. The molecule has 0 amide bonds. The molecule has 130 valence electrons. The Kier molecular flexibility index (Phi) is 3.85. The summed E-state index contributed by atoms with van der Waals surface area (Å²) in [6, 6.07) is 15.0. The number of nitrogens with one attached hydrogen (secondary N) is 1. The number of sulfonamides is 1. The van der Waals surface area contributed by atoms with Crippen molar-refractivity contribution >= 4 is 21.4 Å². The highest BCUT2D eigenvalue weighted by atomic mass is 32.2. The van der Waals surface area contributed by atoms with Crippen molar-refractivity contribution in [2.75, 3.05) is 4.72 Å². The minimum absolute atomic E-state index is 0.0201. The van der Waals surface area contributed by atoms with E-state index in [4.69, 9.17) is 0 Å². The monoisotopic (exact) mass is 369 g/mol. The maximum Gasteiger partial charge on any atom is 0.261 e. The lowest BCUT2D eigenvalue weighted by Crippen LogP contribution is -2.12. The number of anilines is 1. The van der Waals surface area contributed by atoms with Crippen LogP contribution in [0.2, 0.25) is 0 Å². The minimum Gasteiger partial charge on any atom is -0.280 e. The first-order valence-corrected chi connectivity index (χ1v) is 9.05. The zero-order chi connectivity index (χ0) is 18.1. The molecule has 2 aromatic heterocycles. The first-order valence-electron chi connectivity index (χ1n) is 7.57. The van der Waals surface area contributed by atoms with Crippen LogP contribution in [0.4, 0.5) is 10.1 Å². The molecule has 0 saturated carbocycles. The van der Waals surface area contributed by atoms with Gasteiger partial charge in [0.25, 0.3) is 10.0 Å². The quantitative estimate of drug-likeness (QED) is 0.597. The number of fused-ring (bicyclic) bond motifs is 1. The van der Waals surface area contributed by atoms with E-state index in [9.17, 15) is 12.8 Å². The van der Waals surface area contributed by atoms with Crippen LogP contribution >= 0.6 is 0 Å². The molecule has 0 radical (unpaired) electrons. The third kappa shape index (κ3) is 3.11. The van der Waals surface area contributed by atoms with Gasteiger partial charge in [-0.05, 0) is 48.5 Å². The molecule has 0 saturated heterocycles. The SMILES string of the molecule is O=S(=O)(Nc1cccc(-c2ccc3nncn3n2)c1)c1ccc(F)cc1. The van der Waals surface area contributed by atoms with Crippen LogP contribution < -0.4 is 4.72 Å². The molecule has 0 unspecified atom stereocenters. The Labute approximate surface area is 148 Å². The van der Waals surface area contributed by atoms with Gasteiger partial charge in [0.05, 0.1) is 10.6 Å². The van der Waals surface area contributed by atoms with Crippen molar-refractivity contribution in [3.63, 3.8) is 0 Å². The topological polar surface area (TPSA) is 89.2 Å². The fraction of sp³-hybridized carbons (Fsp3) is 0. The molecule has 0 aliphatic heterocycles. The van der Waals surface area contributed by atoms with Crippen LogP contribution in [0.15, 0.2) is 71.9 Å². The summed E-state index contributed by atoms with van der Waals surface area (Å²) >= 11 is 0. The largest absolute Gasteiger partial charge is 0.280 e. The second kappa shape index (κ2) is 6.19. The summed E-state index contributed by atoms with van der Waals surface area (Å²) in [5.41, 5.74) is 2.35. The highest BCUT2D eigenvalue weighted by Crippen LogP contribution is 2.23. The Bertz CT molecular complexity index is 1190. The van der Waals surface area contributed by atoms with Crippen molar-refractivity contribution in [1.82, 2.24) is 19.8 Å². The van der Waals surface area contributed by atoms with Crippen molar-refractivity contribution in [3.05, 3.63) is 72.8 Å². The molecule has 9 heteroatoms. The number of hydrogen-bond acceptors (Lipinski definition) is 5. The van der Waals surface area contributed by atoms with Crippen LogP contribution in [0.25, 0.3) is 16.9 Å². The second-order valence-electron chi connectivity index (χ2n) is 5.49. The molecular weight excluding hydrogens is 357 g/mol. The van der Waals surface area contributed by atoms with Gasteiger partial charge in [0.2, 0.25) is 0 Å². The van der Waals surface area contributed by atoms with Crippen LogP contribution in [0.5, 0.6) is 0 Å². The van der Waals surface area contributed by atoms with E-state index in [-0.39, 0.29) is 4.90 Å². The van der Waals surface area contributed by atoms with Gasteiger partial charge in [0, 0.05) is 11.3 Å². The molecule has 2 aromatic carbocycles. The molecule has 4 rings (SSSR count). The van der Waals surface area contributed by atoms with Crippen LogP contribution in [-0.4, -0.2) is 28.2 Å². The highest BCUT2D eigenvalue weighted by molar-refractivity contribution is 7.92. The molecule has 7 nitrogen and oxygen atoms in total. The van der Waals surface area contributed by atoms with Crippen molar-refractivity contribution in [2.45, 2.75) is 4.90 Å². The van der Waals surface area contributed by atoms with Gasteiger partial charge in [-0.2, -0.15) is 9.61 Å². The Morgan fingerprint density at radius 3 is 2.62 bits per heavy atom. The van der Waals surface area contributed by atoms with E-state index in [2.05, 4.69) is 20.0 Å². The molecule has 0 fully saturated rings. The standard InChI is InChI=1S/C17H12FN5O2S/c18-13-4-6-15(7-5-13)26(24,25)22-14-3-1-2-12(10-14)16-8-9-17-20-19-11-23(17)21-16/h1-11,22H. The van der Waals surface area contributed by atoms with Gasteiger partial charge in [-0.3, -0.25) is 4.72 Å². The van der Waals surface area contributed by atoms with E-state index in [1.54, 1.807) is 30.3 Å². The van der Waals surface area contributed by atoms with Gasteiger partial charge < -0.3 is 0 Å². The summed E-state index contributed by atoms with van der Waals surface area (Å²) in [6.07, 6.45) is 1.49. The summed E-state index contributed by atoms with van der Waals surface area (Å²) in [6.45, 7) is 0. The zero-order valence-electron chi connectivity index (χ0n) is 13.2. The van der Waals surface area contributed by atoms with Crippen LogP contribution in [0, 0.1) is 5.82 Å². The van der Waals surface area contributed by atoms with Gasteiger partial charge in [0.15, 0.2) is 5.65 Å². The van der Waals surface area contributed by atoms with Crippen LogP contribution in [0.3, 0.4) is 0 Å². The van der Waals surface area contributed by atoms with Crippen molar-refractivity contribution < 1.29 is 12.8 Å². The molecule has 4 aromatic rings. The molecule has 1 N–H and O–H groups in total. The predicted molar refractivity (Wildman–Crippen MR) is 93.4 cm³/mol. The third-order valence-corrected chi connectivity index (χ3v) is 5.09. The molecule has 0 spiro atoms. The van der Waals surface area contributed by atoms with Crippen LogP contribution in [-0.2, 0) is 10.0 Å². The summed E-state index contributed by atoms with van der Waals surface area (Å²) < 4.78 is 41.9. The van der Waals surface area contributed by atoms with E-state index >= 15 is 0 Å². The maximum atomic E-state index is 13.0. The lowest BCUT2D eigenvalue weighted by molar-refractivity contribution is 0.599. The molecule has 0 atom stereocenters. The molecule has 0 aliphatic carbocycles. The van der Waals surface area contributed by atoms with Gasteiger partial charge in [0.1, 0.15) is 12.1 Å². The molecule has 0 bridgehead atoms. The Balaban J connectivity index is 1.66. The number of halogens is 1. The fourth-order valence-electron chi connectivity index (χ4n) is 2.45. The first-order chi connectivity index (χ1) is 12.5. The van der Waals surface area contributed by atoms with Crippen LogP contribution in [0.1, 0.15) is 0 Å². The van der Waals surface area contributed by atoms with Crippen molar-refractivity contribution in [1.29, 1.82) is 0 Å². The number of rotatable bonds is 4. The van der Waals surface area contributed by atoms with Crippen molar-refractivity contribution in [3.8, 4) is 11.3 Å². The molecule has 0 aliphatic rings. The van der Waals surface area contributed by atoms with E-state index in [1.807, 2.05) is 6.07 Å². The smallest absolute Gasteiger partial charge is 0.261 e. The zero-order valence-corrected chi connectivity index (χ0v) is 14.1. The number of hydrogen-bond donors (Lipinski definition) is 1. The number of benzene rings is 2. The number of nitrogens with zero attached hydrogens (tertiary/aromatic N) is 4. The summed E-state index contributed by atoms with van der Waals surface area (Å²) in [5.74, 6) is -0.499. The molecule has 2 heterocycles. The van der Waals surface area contributed by atoms with Gasteiger partial charge in [-0.15, -0.1) is 10.2 Å². The third-order valence-electron chi connectivity index (χ3n) is 3.70. The van der Waals surface area contributed by atoms with Crippen molar-refractivity contribution in [2.24, 2.45) is 0 Å². The maximum absolute atomic E-state index is 13.0. The summed E-state index contributed by atoms with van der Waals surface area (Å²) in [4.78, 5) is -0.0201.